The van der Waals surface area contributed by atoms with Gasteiger partial charge in [0.05, 0.1) is 23.6 Å². The van der Waals surface area contributed by atoms with E-state index < -0.39 is 0 Å². The van der Waals surface area contributed by atoms with E-state index >= 15 is 0 Å². The molecule has 0 N–H and O–H groups in total. The fraction of sp³-hybridized carbons (Fsp3) is 0.214. The largest absolute Gasteiger partial charge is 0.462 e. The van der Waals surface area contributed by atoms with Crippen LogP contribution in [0.4, 0.5) is 0 Å². The van der Waals surface area contributed by atoms with E-state index in [4.69, 9.17) is 4.74 Å². The zero-order chi connectivity index (χ0) is 13.0. The third-order valence-electron chi connectivity index (χ3n) is 2.42. The lowest BCUT2D eigenvalue weighted by Crippen LogP contribution is -2.05. The van der Waals surface area contributed by atoms with Crippen molar-refractivity contribution in [2.75, 3.05) is 6.61 Å². The summed E-state index contributed by atoms with van der Waals surface area (Å²) in [6.07, 6.45) is 1.59. The van der Waals surface area contributed by atoms with Gasteiger partial charge in [-0.05, 0) is 38.1 Å². The predicted molar refractivity (Wildman–Crippen MR) is 68.2 cm³/mol. The zero-order valence-electron chi connectivity index (χ0n) is 10.4. The van der Waals surface area contributed by atoms with Crippen molar-refractivity contribution in [2.45, 2.75) is 13.8 Å². The quantitative estimate of drug-likeness (QED) is 0.776. The molecular weight excluding hydrogens is 228 g/mol. The molecule has 0 aliphatic carbocycles. The summed E-state index contributed by atoms with van der Waals surface area (Å²) in [6.45, 7) is 4.06. The van der Waals surface area contributed by atoms with E-state index in [1.807, 2.05) is 25.1 Å². The van der Waals surface area contributed by atoms with E-state index in [1.165, 1.54) is 0 Å². The van der Waals surface area contributed by atoms with Gasteiger partial charge in [-0.1, -0.05) is 6.07 Å². The number of aromatic nitrogens is 2. The van der Waals surface area contributed by atoms with Crippen LogP contribution in [0.5, 0.6) is 0 Å². The molecule has 0 amide bonds. The van der Waals surface area contributed by atoms with Crippen molar-refractivity contribution in [3.63, 3.8) is 0 Å². The Bertz CT molecular complexity index is 567. The van der Waals surface area contributed by atoms with Crippen LogP contribution in [-0.4, -0.2) is 22.5 Å². The van der Waals surface area contributed by atoms with Gasteiger partial charge in [0.15, 0.2) is 0 Å². The molecule has 2 heterocycles. The fourth-order valence-corrected chi connectivity index (χ4v) is 1.60. The number of esters is 1. The molecule has 0 aliphatic heterocycles. The number of nitrogens with zero attached hydrogens (tertiary/aromatic N) is 2. The summed E-state index contributed by atoms with van der Waals surface area (Å²) in [5.74, 6) is -0.339. The molecule has 0 aromatic carbocycles. The summed E-state index contributed by atoms with van der Waals surface area (Å²) < 4.78 is 4.96. The molecule has 4 nitrogen and oxygen atoms in total. The summed E-state index contributed by atoms with van der Waals surface area (Å²) in [5, 5.41) is 0. The van der Waals surface area contributed by atoms with Gasteiger partial charge in [-0.25, -0.2) is 4.79 Å². The molecule has 0 aliphatic rings. The molecule has 2 aromatic heterocycles. The molecule has 0 radical (unpaired) electrons. The first kappa shape index (κ1) is 12.2. The second-order valence-electron chi connectivity index (χ2n) is 3.81. The summed E-state index contributed by atoms with van der Waals surface area (Å²) >= 11 is 0. The molecule has 18 heavy (non-hydrogen) atoms. The van der Waals surface area contributed by atoms with E-state index in [9.17, 15) is 4.79 Å². The van der Waals surface area contributed by atoms with Crippen LogP contribution in [0.25, 0.3) is 11.4 Å². The molecule has 0 fully saturated rings. The van der Waals surface area contributed by atoms with Gasteiger partial charge in [0.25, 0.3) is 0 Å². The monoisotopic (exact) mass is 242 g/mol. The van der Waals surface area contributed by atoms with Crippen LogP contribution in [0, 0.1) is 6.92 Å². The van der Waals surface area contributed by atoms with E-state index in [2.05, 4.69) is 9.97 Å². The SMILES string of the molecule is CCOC(=O)c1ccnc(-c2cccc(C)n2)c1. The minimum atomic E-state index is -0.339. The number of hydrogen-bond donors (Lipinski definition) is 0. The number of rotatable bonds is 3. The lowest BCUT2D eigenvalue weighted by atomic mass is 10.2. The number of aryl methyl sites for hydroxylation is 1. The minimum Gasteiger partial charge on any atom is -0.462 e. The van der Waals surface area contributed by atoms with Crippen LogP contribution in [0.2, 0.25) is 0 Å². The van der Waals surface area contributed by atoms with Crippen molar-refractivity contribution < 1.29 is 9.53 Å². The second-order valence-corrected chi connectivity index (χ2v) is 3.81. The minimum absolute atomic E-state index is 0.339. The Morgan fingerprint density at radius 3 is 2.83 bits per heavy atom. The van der Waals surface area contributed by atoms with Crippen LogP contribution >= 0.6 is 0 Å². The lowest BCUT2D eigenvalue weighted by Gasteiger charge is -2.04. The zero-order valence-corrected chi connectivity index (χ0v) is 10.4. The smallest absolute Gasteiger partial charge is 0.338 e. The Kier molecular flexibility index (Phi) is 3.67. The van der Waals surface area contributed by atoms with Crippen LogP contribution < -0.4 is 0 Å². The molecule has 92 valence electrons. The number of hydrogen-bond acceptors (Lipinski definition) is 4. The van der Waals surface area contributed by atoms with Gasteiger partial charge >= 0.3 is 5.97 Å². The Labute approximate surface area is 106 Å². The molecule has 0 spiro atoms. The van der Waals surface area contributed by atoms with Gasteiger partial charge in [0, 0.05) is 11.9 Å². The topological polar surface area (TPSA) is 52.1 Å². The summed E-state index contributed by atoms with van der Waals surface area (Å²) in [4.78, 5) is 20.2. The third-order valence-corrected chi connectivity index (χ3v) is 2.42. The van der Waals surface area contributed by atoms with Crippen molar-refractivity contribution >= 4 is 5.97 Å². The molecule has 0 atom stereocenters. The Balaban J connectivity index is 2.35. The molecule has 2 aromatic rings. The summed E-state index contributed by atoms with van der Waals surface area (Å²) in [5.41, 5.74) is 2.83. The molecule has 4 heteroatoms. The predicted octanol–water partition coefficient (Wildman–Crippen LogP) is 2.63. The van der Waals surface area contributed by atoms with E-state index in [0.29, 0.717) is 17.9 Å². The maximum absolute atomic E-state index is 11.6. The van der Waals surface area contributed by atoms with Gasteiger partial charge < -0.3 is 4.74 Å². The van der Waals surface area contributed by atoms with Gasteiger partial charge in [0.2, 0.25) is 0 Å². The molecule has 0 unspecified atom stereocenters. The molecule has 0 saturated carbocycles. The van der Waals surface area contributed by atoms with Crippen LogP contribution in [0.3, 0.4) is 0 Å². The van der Waals surface area contributed by atoms with Crippen molar-refractivity contribution in [1.29, 1.82) is 0 Å². The van der Waals surface area contributed by atoms with E-state index in [1.54, 1.807) is 25.3 Å². The maximum Gasteiger partial charge on any atom is 0.338 e. The molecule has 0 bridgehead atoms. The highest BCUT2D eigenvalue weighted by molar-refractivity contribution is 5.90. The highest BCUT2D eigenvalue weighted by atomic mass is 16.5. The third kappa shape index (κ3) is 2.71. The first-order valence-corrected chi connectivity index (χ1v) is 5.78. The molecule has 2 rings (SSSR count). The first-order chi connectivity index (χ1) is 8.70. The van der Waals surface area contributed by atoms with Gasteiger partial charge in [0.1, 0.15) is 0 Å². The van der Waals surface area contributed by atoms with Crippen LogP contribution in [0.1, 0.15) is 23.0 Å². The fourth-order valence-electron chi connectivity index (χ4n) is 1.60. The number of ether oxygens (including phenoxy) is 1. The standard InChI is InChI=1S/C14H14N2O2/c1-3-18-14(17)11-7-8-15-13(9-11)12-6-4-5-10(2)16-12/h4-9H,3H2,1-2H3. The molecule has 0 saturated heterocycles. The second kappa shape index (κ2) is 5.40. The van der Waals surface area contributed by atoms with Crippen molar-refractivity contribution in [3.8, 4) is 11.4 Å². The summed E-state index contributed by atoms with van der Waals surface area (Å²) in [6, 6.07) is 9.02. The highest BCUT2D eigenvalue weighted by Crippen LogP contribution is 2.16. The van der Waals surface area contributed by atoms with E-state index in [-0.39, 0.29) is 5.97 Å². The normalized spacial score (nSPS) is 10.1. The number of pyridine rings is 2. The van der Waals surface area contributed by atoms with E-state index in [0.717, 1.165) is 11.4 Å². The molecular formula is C14H14N2O2. The average molecular weight is 242 g/mol. The maximum atomic E-state index is 11.6. The highest BCUT2D eigenvalue weighted by Gasteiger charge is 2.09. The van der Waals surface area contributed by atoms with Crippen molar-refractivity contribution in [1.82, 2.24) is 9.97 Å². The number of carbonyl (C=O) groups excluding carboxylic acids is 1. The summed E-state index contributed by atoms with van der Waals surface area (Å²) in [7, 11) is 0. The van der Waals surface area contributed by atoms with Crippen molar-refractivity contribution in [3.05, 3.63) is 47.8 Å². The first-order valence-electron chi connectivity index (χ1n) is 5.78. The van der Waals surface area contributed by atoms with Crippen LogP contribution in [0.15, 0.2) is 36.5 Å². The Morgan fingerprint density at radius 1 is 1.28 bits per heavy atom. The van der Waals surface area contributed by atoms with Crippen LogP contribution in [-0.2, 0) is 4.74 Å². The Morgan fingerprint density at radius 2 is 2.11 bits per heavy atom. The Hall–Kier alpha value is -2.23. The van der Waals surface area contributed by atoms with Gasteiger partial charge in [-0.2, -0.15) is 0 Å². The van der Waals surface area contributed by atoms with Crippen molar-refractivity contribution in [2.24, 2.45) is 0 Å². The number of carbonyl (C=O) groups is 1. The average Bonchev–Trinajstić information content (AvgIpc) is 2.39. The van der Waals surface area contributed by atoms with Gasteiger partial charge in [-0.15, -0.1) is 0 Å². The van der Waals surface area contributed by atoms with Gasteiger partial charge in [-0.3, -0.25) is 9.97 Å². The lowest BCUT2D eigenvalue weighted by molar-refractivity contribution is 0.0526.